The first-order valence-electron chi connectivity index (χ1n) is 5.54. The molecule has 10 heteroatoms. The zero-order valence-corrected chi connectivity index (χ0v) is 11.2. The minimum absolute atomic E-state index is 0.0308. The highest BCUT2D eigenvalue weighted by Crippen LogP contribution is 2.38. The number of nitro groups is 1. The molecule has 1 rings (SSSR count). The Bertz CT molecular complexity index is 485. The minimum Gasteiger partial charge on any atom is -0.493 e. The average Bonchev–Trinajstić information content (AvgIpc) is 2.36. The predicted octanol–water partition coefficient (Wildman–Crippen LogP) is 0.834. The van der Waals surface area contributed by atoms with Crippen LogP contribution in [0.4, 0.5) is 5.69 Å². The molecule has 20 heavy (non-hydrogen) atoms. The van der Waals surface area contributed by atoms with Gasteiger partial charge < -0.3 is 19.6 Å². The predicted molar refractivity (Wildman–Crippen MR) is 67.2 cm³/mol. The maximum Gasteiger partial charge on any atom is 0.469 e. The number of hydrogen-bond acceptors (Lipinski definition) is 6. The number of phosphoric acid groups is 1. The summed E-state index contributed by atoms with van der Waals surface area (Å²) in [6.45, 7) is -0.530. The Kier molecular flexibility index (Phi) is 6.05. The molecule has 0 aromatic heterocycles. The van der Waals surface area contributed by atoms with Crippen molar-refractivity contribution in [3.05, 3.63) is 34.4 Å². The average molecular weight is 307 g/mol. The number of aliphatic hydroxyl groups is 1. The SMILES string of the molecule is O=[N+]([O-])c1ccc(OCCC(CO)OP(=O)(O)O)cc1. The van der Waals surface area contributed by atoms with Crippen molar-refractivity contribution < 1.29 is 33.6 Å². The van der Waals surface area contributed by atoms with E-state index in [2.05, 4.69) is 4.52 Å². The summed E-state index contributed by atoms with van der Waals surface area (Å²) in [6, 6.07) is 5.34. The van der Waals surface area contributed by atoms with Gasteiger partial charge in [-0.15, -0.1) is 0 Å². The molecule has 0 bridgehead atoms. The van der Waals surface area contributed by atoms with Crippen molar-refractivity contribution in [1.29, 1.82) is 0 Å². The van der Waals surface area contributed by atoms with Crippen molar-refractivity contribution in [2.24, 2.45) is 0 Å². The summed E-state index contributed by atoms with van der Waals surface area (Å²) in [6.07, 6.45) is -0.993. The lowest BCUT2D eigenvalue weighted by Crippen LogP contribution is -2.19. The molecule has 1 unspecified atom stereocenters. The molecule has 1 aromatic carbocycles. The van der Waals surface area contributed by atoms with Crippen LogP contribution in [0.1, 0.15) is 6.42 Å². The van der Waals surface area contributed by atoms with Gasteiger partial charge in [0, 0.05) is 18.6 Å². The summed E-state index contributed by atoms with van der Waals surface area (Å²) in [5, 5.41) is 19.3. The van der Waals surface area contributed by atoms with Gasteiger partial charge in [-0.3, -0.25) is 14.6 Å². The van der Waals surface area contributed by atoms with Crippen LogP contribution in [0.5, 0.6) is 5.75 Å². The zero-order chi connectivity index (χ0) is 15.2. The second-order valence-corrected chi connectivity index (χ2v) is 4.98. The molecule has 0 radical (unpaired) electrons. The van der Waals surface area contributed by atoms with Gasteiger partial charge >= 0.3 is 7.82 Å². The fourth-order valence-electron chi connectivity index (χ4n) is 1.34. The van der Waals surface area contributed by atoms with E-state index in [0.717, 1.165) is 0 Å². The molecule has 0 amide bonds. The molecule has 0 spiro atoms. The molecule has 0 saturated heterocycles. The highest BCUT2D eigenvalue weighted by Gasteiger charge is 2.21. The summed E-state index contributed by atoms with van der Waals surface area (Å²) < 4.78 is 20.1. The van der Waals surface area contributed by atoms with Gasteiger partial charge in [-0.1, -0.05) is 0 Å². The molecule has 3 N–H and O–H groups in total. The standard InChI is InChI=1S/C10H14NO8P/c12-7-10(19-20(15,16)17)5-6-18-9-3-1-8(2-4-9)11(13)14/h1-4,10,12H,5-7H2,(H2,15,16,17). The monoisotopic (exact) mass is 307 g/mol. The lowest BCUT2D eigenvalue weighted by Gasteiger charge is -2.15. The minimum atomic E-state index is -4.66. The van der Waals surface area contributed by atoms with Gasteiger partial charge in [0.2, 0.25) is 0 Å². The third-order valence-electron chi connectivity index (χ3n) is 2.25. The Morgan fingerprint density at radius 3 is 2.35 bits per heavy atom. The molecular weight excluding hydrogens is 293 g/mol. The molecular formula is C10H14NO8P. The second-order valence-electron chi connectivity index (χ2n) is 3.79. The van der Waals surface area contributed by atoms with Crippen LogP contribution in [0.3, 0.4) is 0 Å². The Morgan fingerprint density at radius 1 is 1.30 bits per heavy atom. The number of aliphatic hydroxyl groups excluding tert-OH is 1. The van der Waals surface area contributed by atoms with Gasteiger partial charge in [-0.2, -0.15) is 0 Å². The zero-order valence-electron chi connectivity index (χ0n) is 10.3. The number of phosphoric ester groups is 1. The van der Waals surface area contributed by atoms with Crippen LogP contribution in [-0.4, -0.2) is 39.1 Å². The molecule has 0 aliphatic carbocycles. The van der Waals surface area contributed by atoms with E-state index < -0.39 is 25.5 Å². The van der Waals surface area contributed by atoms with Crippen LogP contribution in [-0.2, 0) is 9.09 Å². The highest BCUT2D eigenvalue weighted by molar-refractivity contribution is 7.46. The molecule has 0 fully saturated rings. The fraction of sp³-hybridized carbons (Fsp3) is 0.400. The van der Waals surface area contributed by atoms with Crippen molar-refractivity contribution in [2.45, 2.75) is 12.5 Å². The van der Waals surface area contributed by atoms with Gasteiger partial charge in [-0.05, 0) is 12.1 Å². The van der Waals surface area contributed by atoms with Crippen molar-refractivity contribution in [3.63, 3.8) is 0 Å². The molecule has 0 aliphatic rings. The number of hydrogen-bond donors (Lipinski definition) is 3. The first-order chi connectivity index (χ1) is 9.31. The topological polar surface area (TPSA) is 139 Å². The van der Waals surface area contributed by atoms with Crippen LogP contribution in [0.25, 0.3) is 0 Å². The van der Waals surface area contributed by atoms with Crippen LogP contribution in [0.2, 0.25) is 0 Å². The lowest BCUT2D eigenvalue weighted by atomic mass is 10.3. The molecule has 9 nitrogen and oxygen atoms in total. The van der Waals surface area contributed by atoms with Gasteiger partial charge in [-0.25, -0.2) is 4.57 Å². The van der Waals surface area contributed by atoms with Gasteiger partial charge in [0.05, 0.1) is 24.2 Å². The van der Waals surface area contributed by atoms with Crippen molar-refractivity contribution >= 4 is 13.5 Å². The quantitative estimate of drug-likeness (QED) is 0.364. The number of rotatable bonds is 8. The van der Waals surface area contributed by atoms with E-state index in [1.165, 1.54) is 24.3 Å². The summed E-state index contributed by atoms with van der Waals surface area (Å²) >= 11 is 0. The van der Waals surface area contributed by atoms with E-state index in [1.807, 2.05) is 0 Å². The normalized spacial score (nSPS) is 12.9. The van der Waals surface area contributed by atoms with E-state index in [4.69, 9.17) is 19.6 Å². The van der Waals surface area contributed by atoms with Crippen LogP contribution >= 0.6 is 7.82 Å². The number of benzene rings is 1. The number of nitro benzene ring substituents is 1. The molecule has 1 atom stereocenters. The van der Waals surface area contributed by atoms with E-state index in [0.29, 0.717) is 5.75 Å². The summed E-state index contributed by atoms with van der Waals surface area (Å²) in [4.78, 5) is 27.1. The maximum atomic E-state index is 10.6. The summed E-state index contributed by atoms with van der Waals surface area (Å²) in [5.41, 5.74) is -0.0737. The molecule has 0 heterocycles. The first kappa shape index (κ1) is 16.5. The van der Waals surface area contributed by atoms with Gasteiger partial charge in [0.1, 0.15) is 5.75 Å². The molecule has 0 saturated carbocycles. The maximum absolute atomic E-state index is 10.6. The Labute approximate surface area is 114 Å². The third kappa shape index (κ3) is 6.09. The summed E-state index contributed by atoms with van der Waals surface area (Å²) in [5.74, 6) is 0.364. The highest BCUT2D eigenvalue weighted by atomic mass is 31.2. The van der Waals surface area contributed by atoms with E-state index in [9.17, 15) is 14.7 Å². The Morgan fingerprint density at radius 2 is 1.90 bits per heavy atom. The van der Waals surface area contributed by atoms with Gasteiger partial charge in [0.25, 0.3) is 5.69 Å². The van der Waals surface area contributed by atoms with E-state index in [1.54, 1.807) is 0 Å². The Balaban J connectivity index is 2.43. The van der Waals surface area contributed by atoms with Crippen LogP contribution in [0, 0.1) is 10.1 Å². The van der Waals surface area contributed by atoms with Crippen LogP contribution in [0.15, 0.2) is 24.3 Å². The van der Waals surface area contributed by atoms with E-state index >= 15 is 0 Å². The number of ether oxygens (including phenoxy) is 1. The largest absolute Gasteiger partial charge is 0.493 e. The fourth-order valence-corrected chi connectivity index (χ4v) is 1.90. The number of non-ortho nitro benzene ring substituents is 1. The van der Waals surface area contributed by atoms with Gasteiger partial charge in [0.15, 0.2) is 0 Å². The van der Waals surface area contributed by atoms with Crippen molar-refractivity contribution in [1.82, 2.24) is 0 Å². The Hall–Kier alpha value is -1.51. The van der Waals surface area contributed by atoms with Crippen molar-refractivity contribution in [3.8, 4) is 5.75 Å². The third-order valence-corrected chi connectivity index (χ3v) is 2.82. The first-order valence-corrected chi connectivity index (χ1v) is 7.07. The van der Waals surface area contributed by atoms with Crippen LogP contribution < -0.4 is 4.74 Å². The molecule has 112 valence electrons. The van der Waals surface area contributed by atoms with Crippen molar-refractivity contribution in [2.75, 3.05) is 13.2 Å². The lowest BCUT2D eigenvalue weighted by molar-refractivity contribution is -0.384. The number of nitrogens with zero attached hydrogens (tertiary/aromatic N) is 1. The van der Waals surface area contributed by atoms with E-state index in [-0.39, 0.29) is 18.7 Å². The molecule has 0 aliphatic heterocycles. The molecule has 1 aromatic rings. The smallest absolute Gasteiger partial charge is 0.469 e. The second kappa shape index (κ2) is 7.32. The summed E-state index contributed by atoms with van der Waals surface area (Å²) in [7, 11) is -4.66.